The molecule has 3 N–H and O–H groups in total. The van der Waals surface area contributed by atoms with E-state index in [2.05, 4.69) is 22.2 Å². The topological polar surface area (TPSA) is 118 Å². The second-order valence-electron chi connectivity index (χ2n) is 9.41. The summed E-state index contributed by atoms with van der Waals surface area (Å²) in [6, 6.07) is 13.3. The van der Waals surface area contributed by atoms with Crippen LogP contribution in [0.4, 0.5) is 11.6 Å². The largest absolute Gasteiger partial charge is 0.366 e. The minimum absolute atomic E-state index is 0.120. The molecule has 10 heteroatoms. The van der Waals surface area contributed by atoms with E-state index in [-0.39, 0.29) is 26.8 Å². The molecule has 184 valence electrons. The number of primary amides is 1. The van der Waals surface area contributed by atoms with Gasteiger partial charge >= 0.3 is 0 Å². The van der Waals surface area contributed by atoms with Gasteiger partial charge in [-0.3, -0.25) is 4.79 Å². The molecule has 1 aliphatic rings. The predicted octanol–water partition coefficient (Wildman–Crippen LogP) is 4.30. The molecule has 0 saturated carbocycles. The Kier molecular flexibility index (Phi) is 6.75. The lowest BCUT2D eigenvalue weighted by Crippen LogP contribution is -2.40. The Bertz CT molecular complexity index is 1380. The van der Waals surface area contributed by atoms with Crippen LogP contribution in [-0.4, -0.2) is 36.4 Å². The van der Waals surface area contributed by atoms with E-state index in [0.717, 1.165) is 12.0 Å². The zero-order chi connectivity index (χ0) is 25.4. The zero-order valence-electron chi connectivity index (χ0n) is 19.8. The molecule has 1 atom stereocenters. The van der Waals surface area contributed by atoms with Crippen LogP contribution >= 0.6 is 11.6 Å². The predicted molar refractivity (Wildman–Crippen MR) is 136 cm³/mol. The zero-order valence-corrected chi connectivity index (χ0v) is 21.4. The molecule has 0 spiro atoms. The number of hydrogen-bond donors (Lipinski definition) is 2. The third kappa shape index (κ3) is 4.97. The lowest BCUT2D eigenvalue weighted by atomic mass is 9.97. The minimum Gasteiger partial charge on any atom is -0.366 e. The molecule has 0 aliphatic carbocycles. The highest BCUT2D eigenvalue weighted by atomic mass is 35.5. The van der Waals surface area contributed by atoms with Gasteiger partial charge in [0.1, 0.15) is 17.2 Å². The van der Waals surface area contributed by atoms with Crippen LogP contribution in [0, 0.1) is 5.92 Å². The number of nitrogens with zero attached hydrogens (tertiary/aromatic N) is 3. The van der Waals surface area contributed by atoms with Gasteiger partial charge in [0.2, 0.25) is 9.84 Å². The van der Waals surface area contributed by atoms with Crippen molar-refractivity contribution >= 4 is 39.0 Å². The maximum absolute atomic E-state index is 13.7. The van der Waals surface area contributed by atoms with Crippen molar-refractivity contribution in [2.45, 2.75) is 49.2 Å². The lowest BCUT2D eigenvalue weighted by Gasteiger charge is -2.33. The van der Waals surface area contributed by atoms with Gasteiger partial charge in [-0.1, -0.05) is 42.8 Å². The highest BCUT2D eigenvalue weighted by molar-refractivity contribution is 7.91. The van der Waals surface area contributed by atoms with Gasteiger partial charge in [-0.05, 0) is 56.0 Å². The van der Waals surface area contributed by atoms with Gasteiger partial charge < -0.3 is 16.0 Å². The summed E-state index contributed by atoms with van der Waals surface area (Å²) < 4.78 is 27.3. The monoisotopic (exact) mass is 513 g/mol. The van der Waals surface area contributed by atoms with Crippen LogP contribution in [0.15, 0.2) is 64.6 Å². The fourth-order valence-electron chi connectivity index (χ4n) is 4.66. The van der Waals surface area contributed by atoms with Crippen LogP contribution in [0.5, 0.6) is 0 Å². The Balaban J connectivity index is 1.72. The molecular formula is C25H28ClN5O3S. The van der Waals surface area contributed by atoms with Crippen molar-refractivity contribution < 1.29 is 13.2 Å². The summed E-state index contributed by atoms with van der Waals surface area (Å²) in [5.74, 6) is 0.140. The average molecular weight is 514 g/mol. The highest BCUT2D eigenvalue weighted by Gasteiger charge is 2.40. The normalized spacial score (nSPS) is 17.4. The molecule has 35 heavy (non-hydrogen) atoms. The molecule has 0 bridgehead atoms. The molecule has 1 fully saturated rings. The fraction of sp³-hybridized carbons (Fsp3) is 0.320. The molecule has 4 rings (SSSR count). The number of sulfone groups is 1. The molecule has 1 aromatic carbocycles. The number of carbonyl (C=O) groups excluding carboxylic acids is 1. The van der Waals surface area contributed by atoms with E-state index in [0.29, 0.717) is 29.8 Å². The van der Waals surface area contributed by atoms with Crippen molar-refractivity contribution in [2.75, 3.05) is 16.8 Å². The van der Waals surface area contributed by atoms with Crippen LogP contribution in [0.25, 0.3) is 0 Å². The van der Waals surface area contributed by atoms with Crippen molar-refractivity contribution in [2.24, 2.45) is 11.7 Å². The SMILES string of the molecule is CC1CN(c2nccc(S(=O)(=O)c3cccc(NCc4ccccc4Cl)n3)c2C(N)=O)C(C)(C)C1. The number of halogens is 1. The van der Waals surface area contributed by atoms with Gasteiger partial charge in [0.15, 0.2) is 5.03 Å². The van der Waals surface area contributed by atoms with E-state index in [9.17, 15) is 13.2 Å². The molecule has 2 aromatic heterocycles. The molecule has 1 aliphatic heterocycles. The summed E-state index contributed by atoms with van der Waals surface area (Å²) in [6.07, 6.45) is 2.28. The summed E-state index contributed by atoms with van der Waals surface area (Å²) in [5.41, 5.74) is 6.15. The van der Waals surface area contributed by atoms with Gasteiger partial charge in [0.05, 0.1) is 4.90 Å². The highest BCUT2D eigenvalue weighted by Crippen LogP contribution is 2.39. The number of amides is 1. The first-order chi connectivity index (χ1) is 16.5. The van der Waals surface area contributed by atoms with E-state index < -0.39 is 15.7 Å². The van der Waals surface area contributed by atoms with E-state index in [1.165, 1.54) is 18.3 Å². The number of carbonyl (C=O) groups is 1. The molecule has 3 aromatic rings. The van der Waals surface area contributed by atoms with E-state index in [1.807, 2.05) is 36.9 Å². The van der Waals surface area contributed by atoms with Crippen LogP contribution in [0.3, 0.4) is 0 Å². The van der Waals surface area contributed by atoms with E-state index in [4.69, 9.17) is 17.3 Å². The smallest absolute Gasteiger partial charge is 0.253 e. The molecule has 1 saturated heterocycles. The number of rotatable bonds is 7. The standard InChI is InChI=1S/C25H28ClN5O3S/c1-16-13-25(2,3)31(15-16)24-22(23(27)32)19(11-12-28-24)35(33,34)21-10-6-9-20(30-21)29-14-17-7-4-5-8-18(17)26/h4-12,16H,13-15H2,1-3H3,(H2,27,32)(H,29,30). The summed E-state index contributed by atoms with van der Waals surface area (Å²) in [6.45, 7) is 7.20. The average Bonchev–Trinajstić information content (AvgIpc) is 3.09. The quantitative estimate of drug-likeness (QED) is 0.483. The molecule has 1 amide bonds. The minimum atomic E-state index is -4.18. The third-order valence-electron chi connectivity index (χ3n) is 6.17. The summed E-state index contributed by atoms with van der Waals surface area (Å²) >= 11 is 6.21. The number of pyridine rings is 2. The maximum Gasteiger partial charge on any atom is 0.253 e. The summed E-state index contributed by atoms with van der Waals surface area (Å²) in [4.78, 5) is 23.0. The maximum atomic E-state index is 13.7. The Morgan fingerprint density at radius 1 is 1.20 bits per heavy atom. The molecule has 3 heterocycles. The number of aromatic nitrogens is 2. The van der Waals surface area contributed by atoms with Gasteiger partial charge in [-0.25, -0.2) is 18.4 Å². The number of hydrogen-bond acceptors (Lipinski definition) is 7. The number of nitrogens with one attached hydrogen (secondary N) is 1. The number of benzene rings is 1. The Labute approximate surface area is 210 Å². The second-order valence-corrected chi connectivity index (χ2v) is 11.7. The first kappa shape index (κ1) is 24.9. The first-order valence-electron chi connectivity index (χ1n) is 11.3. The molecule has 0 radical (unpaired) electrons. The Hall–Kier alpha value is -3.17. The third-order valence-corrected chi connectivity index (χ3v) is 8.24. The van der Waals surface area contributed by atoms with Crippen molar-refractivity contribution in [1.29, 1.82) is 0 Å². The van der Waals surface area contributed by atoms with E-state index in [1.54, 1.807) is 18.2 Å². The molecule has 1 unspecified atom stereocenters. The summed E-state index contributed by atoms with van der Waals surface area (Å²) in [5, 5.41) is 3.50. The van der Waals surface area contributed by atoms with E-state index >= 15 is 0 Å². The van der Waals surface area contributed by atoms with Crippen LogP contribution < -0.4 is 16.0 Å². The van der Waals surface area contributed by atoms with Crippen molar-refractivity contribution in [1.82, 2.24) is 9.97 Å². The molecular weight excluding hydrogens is 486 g/mol. The number of anilines is 2. The number of nitrogens with two attached hydrogens (primary N) is 1. The Morgan fingerprint density at radius 2 is 1.94 bits per heavy atom. The van der Waals surface area contributed by atoms with Crippen molar-refractivity contribution in [3.05, 3.63) is 70.9 Å². The van der Waals surface area contributed by atoms with Gasteiger partial charge in [0, 0.05) is 29.8 Å². The van der Waals surface area contributed by atoms with Gasteiger partial charge in [0.25, 0.3) is 5.91 Å². The van der Waals surface area contributed by atoms with Crippen LogP contribution in [0.2, 0.25) is 5.02 Å². The molecule has 8 nitrogen and oxygen atoms in total. The van der Waals surface area contributed by atoms with Crippen LogP contribution in [-0.2, 0) is 16.4 Å². The first-order valence-corrected chi connectivity index (χ1v) is 13.1. The van der Waals surface area contributed by atoms with Crippen molar-refractivity contribution in [3.8, 4) is 0 Å². The Morgan fingerprint density at radius 3 is 2.60 bits per heavy atom. The van der Waals surface area contributed by atoms with Gasteiger partial charge in [-0.15, -0.1) is 0 Å². The fourth-order valence-corrected chi connectivity index (χ4v) is 6.26. The van der Waals surface area contributed by atoms with Gasteiger partial charge in [-0.2, -0.15) is 0 Å². The van der Waals surface area contributed by atoms with Crippen LogP contribution in [0.1, 0.15) is 43.1 Å². The van der Waals surface area contributed by atoms with Crippen molar-refractivity contribution in [3.63, 3.8) is 0 Å². The summed E-state index contributed by atoms with van der Waals surface area (Å²) in [7, 11) is -4.18. The second kappa shape index (κ2) is 9.47. The lowest BCUT2D eigenvalue weighted by molar-refractivity contribution is 0.0997.